The van der Waals surface area contributed by atoms with Crippen LogP contribution in [0.15, 0.2) is 24.3 Å². The molecule has 1 aromatic rings. The number of carbonyl (C=O) groups is 1. The minimum Gasteiger partial charge on any atom is -0.497 e. The van der Waals surface area contributed by atoms with Crippen LogP contribution in [0.25, 0.3) is 0 Å². The molecule has 1 N–H and O–H groups in total. The van der Waals surface area contributed by atoms with Crippen LogP contribution in [-0.4, -0.2) is 25.4 Å². The molecule has 4 heteroatoms. The highest BCUT2D eigenvalue weighted by Crippen LogP contribution is 2.11. The summed E-state index contributed by atoms with van der Waals surface area (Å²) in [6.45, 7) is 0.673. The molecule has 1 aromatic carbocycles. The lowest BCUT2D eigenvalue weighted by Crippen LogP contribution is -2.25. The number of benzene rings is 1. The lowest BCUT2D eigenvalue weighted by Gasteiger charge is -2.06. The summed E-state index contributed by atoms with van der Waals surface area (Å²) < 4.78 is 5.09. The smallest absolute Gasteiger partial charge is 0.220 e. The lowest BCUT2D eigenvalue weighted by atomic mass is 10.1. The molecule has 1 amide bonds. The number of hydrogen-bond donors (Lipinski definition) is 1. The van der Waals surface area contributed by atoms with Gasteiger partial charge in [0.15, 0.2) is 0 Å². The molecule has 0 aliphatic rings. The number of rotatable bonds is 8. The number of hydrogen-bond acceptors (Lipinski definition) is 2. The van der Waals surface area contributed by atoms with E-state index in [1.807, 2.05) is 24.3 Å². The fourth-order valence-corrected chi connectivity index (χ4v) is 1.80. The molecule has 1 rings (SSSR count). The zero-order chi connectivity index (χ0) is 13.2. The van der Waals surface area contributed by atoms with Crippen LogP contribution in [0.2, 0.25) is 0 Å². The summed E-state index contributed by atoms with van der Waals surface area (Å²) in [4.78, 5) is 11.4. The van der Waals surface area contributed by atoms with Crippen molar-refractivity contribution in [3.63, 3.8) is 0 Å². The van der Waals surface area contributed by atoms with E-state index < -0.39 is 0 Å². The van der Waals surface area contributed by atoms with E-state index in [9.17, 15) is 4.79 Å². The monoisotopic (exact) mass is 269 g/mol. The van der Waals surface area contributed by atoms with Crippen LogP contribution in [0.4, 0.5) is 0 Å². The zero-order valence-corrected chi connectivity index (χ0v) is 11.5. The Bertz CT molecular complexity index is 351. The average molecular weight is 270 g/mol. The van der Waals surface area contributed by atoms with Crippen molar-refractivity contribution >= 4 is 17.5 Å². The molecule has 0 radical (unpaired) electrons. The van der Waals surface area contributed by atoms with Crippen LogP contribution in [-0.2, 0) is 11.2 Å². The second kappa shape index (κ2) is 8.81. The molecule has 0 saturated carbocycles. The maximum Gasteiger partial charge on any atom is 0.220 e. The first kappa shape index (κ1) is 14.8. The number of halogens is 1. The van der Waals surface area contributed by atoms with Crippen molar-refractivity contribution < 1.29 is 9.53 Å². The van der Waals surface area contributed by atoms with Gasteiger partial charge < -0.3 is 10.1 Å². The molecule has 100 valence electrons. The number of unbranched alkanes of at least 4 members (excludes halogenated alkanes) is 1. The van der Waals surface area contributed by atoms with Gasteiger partial charge in [0, 0.05) is 18.8 Å². The van der Waals surface area contributed by atoms with Crippen LogP contribution < -0.4 is 10.1 Å². The highest BCUT2D eigenvalue weighted by atomic mass is 35.5. The van der Waals surface area contributed by atoms with Gasteiger partial charge in [0.1, 0.15) is 5.75 Å². The third-order valence-electron chi connectivity index (χ3n) is 2.68. The van der Waals surface area contributed by atoms with Gasteiger partial charge in [-0.15, -0.1) is 11.6 Å². The summed E-state index contributed by atoms with van der Waals surface area (Å²) in [5.74, 6) is 1.58. The lowest BCUT2D eigenvalue weighted by molar-refractivity contribution is -0.121. The van der Waals surface area contributed by atoms with Gasteiger partial charge in [-0.2, -0.15) is 0 Å². The number of carbonyl (C=O) groups excluding carboxylic acids is 1. The van der Waals surface area contributed by atoms with E-state index in [0.29, 0.717) is 18.8 Å². The highest BCUT2D eigenvalue weighted by Gasteiger charge is 2.00. The molecule has 0 bridgehead atoms. The first-order valence-electron chi connectivity index (χ1n) is 6.22. The maximum atomic E-state index is 11.4. The molecular weight excluding hydrogens is 250 g/mol. The van der Waals surface area contributed by atoms with Crippen molar-refractivity contribution in [3.05, 3.63) is 29.8 Å². The highest BCUT2D eigenvalue weighted by molar-refractivity contribution is 6.17. The van der Waals surface area contributed by atoms with E-state index in [-0.39, 0.29) is 5.91 Å². The summed E-state index contributed by atoms with van der Waals surface area (Å²) in [7, 11) is 1.65. The average Bonchev–Trinajstić information content (AvgIpc) is 2.40. The number of ether oxygens (including phenoxy) is 1. The molecule has 18 heavy (non-hydrogen) atoms. The second-order valence-corrected chi connectivity index (χ2v) is 4.47. The topological polar surface area (TPSA) is 38.3 Å². The Morgan fingerprint density at radius 2 is 2.00 bits per heavy atom. The third kappa shape index (κ3) is 5.92. The minimum atomic E-state index is 0.105. The fourth-order valence-electron chi connectivity index (χ4n) is 1.61. The Balaban J connectivity index is 2.18. The van der Waals surface area contributed by atoms with Crippen molar-refractivity contribution in [2.75, 3.05) is 19.5 Å². The normalized spacial score (nSPS) is 10.1. The Hall–Kier alpha value is -1.22. The van der Waals surface area contributed by atoms with E-state index in [1.165, 1.54) is 5.56 Å². The van der Waals surface area contributed by atoms with Crippen LogP contribution >= 0.6 is 11.6 Å². The Kier molecular flexibility index (Phi) is 7.26. The van der Waals surface area contributed by atoms with E-state index >= 15 is 0 Å². The summed E-state index contributed by atoms with van der Waals surface area (Å²) in [5.41, 5.74) is 1.19. The molecule has 0 heterocycles. The van der Waals surface area contributed by atoms with Gasteiger partial charge >= 0.3 is 0 Å². The molecule has 0 unspecified atom stereocenters. The van der Waals surface area contributed by atoms with Crippen molar-refractivity contribution in [1.29, 1.82) is 0 Å². The quantitative estimate of drug-likeness (QED) is 0.582. The molecule has 3 nitrogen and oxygen atoms in total. The molecule has 0 spiro atoms. The Morgan fingerprint density at radius 1 is 1.28 bits per heavy atom. The number of amides is 1. The minimum absolute atomic E-state index is 0.105. The molecule has 0 aliphatic carbocycles. The van der Waals surface area contributed by atoms with Gasteiger partial charge in [-0.3, -0.25) is 4.79 Å². The molecule has 0 atom stereocenters. The van der Waals surface area contributed by atoms with Crippen molar-refractivity contribution in [1.82, 2.24) is 5.32 Å². The number of methoxy groups -OCH3 is 1. The third-order valence-corrected chi connectivity index (χ3v) is 2.95. The summed E-state index contributed by atoms with van der Waals surface area (Å²) in [6, 6.07) is 7.88. The molecular formula is C14H20ClNO2. The van der Waals surface area contributed by atoms with Crippen LogP contribution in [0.1, 0.15) is 24.8 Å². The van der Waals surface area contributed by atoms with Crippen molar-refractivity contribution in [3.8, 4) is 5.75 Å². The predicted octanol–water partition coefficient (Wildman–Crippen LogP) is 2.76. The SMILES string of the molecule is COc1ccc(CCNC(=O)CCCCCl)cc1. The van der Waals surface area contributed by atoms with E-state index in [2.05, 4.69) is 5.32 Å². The van der Waals surface area contributed by atoms with E-state index in [4.69, 9.17) is 16.3 Å². The molecule has 0 aliphatic heterocycles. The zero-order valence-electron chi connectivity index (χ0n) is 10.7. The first-order chi connectivity index (χ1) is 8.76. The van der Waals surface area contributed by atoms with Crippen molar-refractivity contribution in [2.24, 2.45) is 0 Å². The van der Waals surface area contributed by atoms with Crippen LogP contribution in [0.3, 0.4) is 0 Å². The summed E-state index contributed by atoms with van der Waals surface area (Å²) >= 11 is 5.55. The molecule has 0 fully saturated rings. The number of alkyl halides is 1. The predicted molar refractivity (Wildman–Crippen MR) is 74.3 cm³/mol. The Labute approximate surface area is 113 Å². The van der Waals surface area contributed by atoms with Gasteiger partial charge in [-0.25, -0.2) is 0 Å². The summed E-state index contributed by atoms with van der Waals surface area (Å²) in [6.07, 6.45) is 3.16. The number of nitrogens with one attached hydrogen (secondary N) is 1. The van der Waals surface area contributed by atoms with Crippen LogP contribution in [0, 0.1) is 0 Å². The summed E-state index contributed by atoms with van der Waals surface area (Å²) in [5, 5.41) is 2.91. The Morgan fingerprint density at radius 3 is 2.61 bits per heavy atom. The molecule has 0 aromatic heterocycles. The van der Waals surface area contributed by atoms with Gasteiger partial charge in [-0.05, 0) is 37.0 Å². The van der Waals surface area contributed by atoms with Gasteiger partial charge in [0.05, 0.1) is 7.11 Å². The first-order valence-corrected chi connectivity index (χ1v) is 6.75. The second-order valence-electron chi connectivity index (χ2n) is 4.09. The van der Waals surface area contributed by atoms with E-state index in [0.717, 1.165) is 25.0 Å². The van der Waals surface area contributed by atoms with E-state index in [1.54, 1.807) is 7.11 Å². The standard InChI is InChI=1S/C14H20ClNO2/c1-18-13-7-5-12(6-8-13)9-11-16-14(17)4-2-3-10-15/h5-8H,2-4,9-11H2,1H3,(H,16,17). The largest absolute Gasteiger partial charge is 0.497 e. The van der Waals surface area contributed by atoms with Crippen molar-refractivity contribution in [2.45, 2.75) is 25.7 Å². The van der Waals surface area contributed by atoms with Gasteiger partial charge in [-0.1, -0.05) is 12.1 Å². The van der Waals surface area contributed by atoms with Gasteiger partial charge in [0.25, 0.3) is 0 Å². The fraction of sp³-hybridized carbons (Fsp3) is 0.500. The molecule has 0 saturated heterocycles. The van der Waals surface area contributed by atoms with Gasteiger partial charge in [0.2, 0.25) is 5.91 Å². The maximum absolute atomic E-state index is 11.4. The van der Waals surface area contributed by atoms with Crippen LogP contribution in [0.5, 0.6) is 5.75 Å².